The third kappa shape index (κ3) is 6.14. The maximum atomic E-state index is 11.8. The summed E-state index contributed by atoms with van der Waals surface area (Å²) < 4.78 is 0.863. The standard InChI is InChI=1S/C23H28N6OS2/c1-6-29(16(4)18-10-8-15(3)9-11-18)19-12-13-20(21(14-19)24-17(5)30)25-26-22-27-28-23(32-22)31-7-2/h8-14,16H,6-7H2,1-5H3,(H,24,30). The fourth-order valence-electron chi connectivity index (χ4n) is 3.31. The molecule has 1 N–H and O–H groups in total. The molecular formula is C23H28N6OS2. The first-order valence-corrected chi connectivity index (χ1v) is 12.3. The molecule has 0 fully saturated rings. The van der Waals surface area contributed by atoms with E-state index in [2.05, 4.69) is 82.6 Å². The number of hydrogen-bond acceptors (Lipinski definition) is 8. The molecule has 32 heavy (non-hydrogen) atoms. The van der Waals surface area contributed by atoms with E-state index in [0.29, 0.717) is 16.5 Å². The van der Waals surface area contributed by atoms with Crippen LogP contribution in [0.25, 0.3) is 0 Å². The number of carbonyl (C=O) groups excluding carboxylic acids is 1. The number of nitrogens with one attached hydrogen (secondary N) is 1. The van der Waals surface area contributed by atoms with Crippen molar-refractivity contribution >= 4 is 51.2 Å². The number of rotatable bonds is 9. The lowest BCUT2D eigenvalue weighted by molar-refractivity contribution is -0.114. The monoisotopic (exact) mass is 468 g/mol. The predicted molar refractivity (Wildman–Crippen MR) is 134 cm³/mol. The molecule has 0 bridgehead atoms. The van der Waals surface area contributed by atoms with Crippen LogP contribution in [0.4, 0.5) is 22.2 Å². The number of amides is 1. The summed E-state index contributed by atoms with van der Waals surface area (Å²) in [5.41, 5.74) is 4.66. The van der Waals surface area contributed by atoms with Gasteiger partial charge < -0.3 is 10.2 Å². The molecule has 3 aromatic rings. The van der Waals surface area contributed by atoms with Crippen LogP contribution in [0.2, 0.25) is 0 Å². The van der Waals surface area contributed by atoms with Crippen molar-refractivity contribution in [2.24, 2.45) is 10.2 Å². The van der Waals surface area contributed by atoms with Gasteiger partial charge in [-0.05, 0) is 50.3 Å². The Morgan fingerprint density at radius 2 is 1.91 bits per heavy atom. The van der Waals surface area contributed by atoms with Crippen LogP contribution in [0.15, 0.2) is 57.0 Å². The molecule has 0 radical (unpaired) electrons. The van der Waals surface area contributed by atoms with Gasteiger partial charge in [0.25, 0.3) is 5.13 Å². The third-order valence-corrected chi connectivity index (χ3v) is 6.72. The van der Waals surface area contributed by atoms with Gasteiger partial charge in [-0.3, -0.25) is 4.79 Å². The molecule has 168 valence electrons. The van der Waals surface area contributed by atoms with E-state index >= 15 is 0 Å². The Morgan fingerprint density at radius 3 is 2.56 bits per heavy atom. The largest absolute Gasteiger partial charge is 0.365 e. The van der Waals surface area contributed by atoms with E-state index in [1.54, 1.807) is 11.8 Å². The van der Waals surface area contributed by atoms with Crippen LogP contribution in [0, 0.1) is 6.92 Å². The quantitative estimate of drug-likeness (QED) is 0.272. The topological polar surface area (TPSA) is 82.8 Å². The van der Waals surface area contributed by atoms with E-state index in [9.17, 15) is 4.79 Å². The molecule has 1 heterocycles. The van der Waals surface area contributed by atoms with E-state index in [1.807, 2.05) is 18.2 Å². The summed E-state index contributed by atoms with van der Waals surface area (Å²) in [4.78, 5) is 14.1. The van der Waals surface area contributed by atoms with Crippen molar-refractivity contribution < 1.29 is 4.79 Å². The number of thioether (sulfide) groups is 1. The zero-order valence-corrected chi connectivity index (χ0v) is 20.6. The fraction of sp³-hybridized carbons (Fsp3) is 0.348. The SMILES string of the molecule is CCSc1nnc(N=Nc2ccc(N(CC)C(C)c3ccc(C)cc3)cc2NC(C)=O)s1. The molecule has 1 unspecified atom stereocenters. The molecule has 3 rings (SSSR count). The molecule has 0 aliphatic carbocycles. The normalized spacial score (nSPS) is 12.2. The highest BCUT2D eigenvalue weighted by Gasteiger charge is 2.17. The van der Waals surface area contributed by atoms with Gasteiger partial charge >= 0.3 is 0 Å². The Morgan fingerprint density at radius 1 is 1.16 bits per heavy atom. The number of anilines is 2. The average molecular weight is 469 g/mol. The summed E-state index contributed by atoms with van der Waals surface area (Å²) in [6.45, 7) is 10.8. The molecule has 0 spiro atoms. The molecular weight excluding hydrogens is 440 g/mol. The first-order valence-electron chi connectivity index (χ1n) is 10.5. The van der Waals surface area contributed by atoms with Crippen molar-refractivity contribution in [1.29, 1.82) is 0 Å². The van der Waals surface area contributed by atoms with Crippen LogP contribution in [-0.2, 0) is 4.79 Å². The Balaban J connectivity index is 1.89. The number of azo groups is 1. The van der Waals surface area contributed by atoms with Gasteiger partial charge in [0.05, 0.1) is 11.7 Å². The van der Waals surface area contributed by atoms with Gasteiger partial charge in [-0.15, -0.1) is 20.4 Å². The minimum Gasteiger partial charge on any atom is -0.365 e. The van der Waals surface area contributed by atoms with Crippen LogP contribution in [0.5, 0.6) is 0 Å². The Bertz CT molecular complexity index is 1080. The van der Waals surface area contributed by atoms with Crippen molar-refractivity contribution in [3.05, 3.63) is 53.6 Å². The van der Waals surface area contributed by atoms with Crippen molar-refractivity contribution in [2.75, 3.05) is 22.5 Å². The summed E-state index contributed by atoms with van der Waals surface area (Å²) in [7, 11) is 0. The maximum Gasteiger partial charge on any atom is 0.252 e. The second-order valence-corrected chi connectivity index (χ2v) is 9.71. The fourth-order valence-corrected chi connectivity index (χ4v) is 4.87. The zero-order chi connectivity index (χ0) is 23.1. The smallest absolute Gasteiger partial charge is 0.252 e. The summed E-state index contributed by atoms with van der Waals surface area (Å²) >= 11 is 3.01. The molecule has 0 aliphatic rings. The van der Waals surface area contributed by atoms with E-state index in [1.165, 1.54) is 29.4 Å². The maximum absolute atomic E-state index is 11.8. The highest BCUT2D eigenvalue weighted by atomic mass is 32.2. The molecule has 0 aliphatic heterocycles. The van der Waals surface area contributed by atoms with Gasteiger partial charge in [-0.25, -0.2) is 0 Å². The van der Waals surface area contributed by atoms with Crippen LogP contribution in [0.3, 0.4) is 0 Å². The highest BCUT2D eigenvalue weighted by Crippen LogP contribution is 2.35. The molecule has 7 nitrogen and oxygen atoms in total. The van der Waals surface area contributed by atoms with Crippen LogP contribution >= 0.6 is 23.1 Å². The minimum atomic E-state index is -0.161. The van der Waals surface area contributed by atoms with Crippen molar-refractivity contribution in [3.8, 4) is 0 Å². The Hall–Kier alpha value is -2.78. The second-order valence-electron chi connectivity index (χ2n) is 7.24. The van der Waals surface area contributed by atoms with E-state index < -0.39 is 0 Å². The van der Waals surface area contributed by atoms with Gasteiger partial charge in [0.2, 0.25) is 5.91 Å². The van der Waals surface area contributed by atoms with Gasteiger partial charge in [0.15, 0.2) is 4.34 Å². The number of aromatic nitrogens is 2. The Kier molecular flexibility index (Phi) is 8.35. The van der Waals surface area contributed by atoms with Crippen molar-refractivity contribution in [1.82, 2.24) is 10.2 Å². The highest BCUT2D eigenvalue weighted by molar-refractivity contribution is 8.01. The van der Waals surface area contributed by atoms with Gasteiger partial charge in [-0.2, -0.15) is 0 Å². The lowest BCUT2D eigenvalue weighted by Gasteiger charge is -2.31. The first kappa shape index (κ1) is 23.9. The minimum absolute atomic E-state index is 0.161. The van der Waals surface area contributed by atoms with Crippen LogP contribution < -0.4 is 10.2 Å². The molecule has 0 saturated carbocycles. The van der Waals surface area contributed by atoms with Crippen LogP contribution in [0.1, 0.15) is 44.9 Å². The summed E-state index contributed by atoms with van der Waals surface area (Å²) in [5.74, 6) is 0.764. The summed E-state index contributed by atoms with van der Waals surface area (Å²) in [5, 5.41) is 20.1. The number of aryl methyl sites for hydroxylation is 1. The predicted octanol–water partition coefficient (Wildman–Crippen LogP) is 6.92. The van der Waals surface area contributed by atoms with E-state index in [0.717, 1.165) is 22.3 Å². The van der Waals surface area contributed by atoms with Crippen molar-refractivity contribution in [3.63, 3.8) is 0 Å². The van der Waals surface area contributed by atoms with Crippen LogP contribution in [-0.4, -0.2) is 28.4 Å². The Labute approximate surface area is 197 Å². The molecule has 1 aromatic heterocycles. The zero-order valence-electron chi connectivity index (χ0n) is 19.0. The van der Waals surface area contributed by atoms with Gasteiger partial charge in [0, 0.05) is 19.2 Å². The molecule has 2 aromatic carbocycles. The lowest BCUT2D eigenvalue weighted by atomic mass is 10.0. The van der Waals surface area contributed by atoms with Crippen molar-refractivity contribution in [2.45, 2.75) is 45.0 Å². The number of benzene rings is 2. The summed E-state index contributed by atoms with van der Waals surface area (Å²) in [6, 6.07) is 14.6. The molecule has 1 atom stereocenters. The average Bonchev–Trinajstić information content (AvgIpc) is 3.21. The second kappa shape index (κ2) is 11.2. The van der Waals surface area contributed by atoms with Gasteiger partial charge in [0.1, 0.15) is 5.69 Å². The van der Waals surface area contributed by atoms with E-state index in [4.69, 9.17) is 0 Å². The molecule has 1 amide bonds. The lowest BCUT2D eigenvalue weighted by Crippen LogP contribution is -2.26. The number of hydrogen-bond donors (Lipinski definition) is 1. The first-order chi connectivity index (χ1) is 15.4. The third-order valence-electron chi connectivity index (χ3n) is 4.90. The number of carbonyl (C=O) groups is 1. The van der Waals surface area contributed by atoms with Gasteiger partial charge in [-0.1, -0.05) is 59.9 Å². The molecule has 0 saturated heterocycles. The number of nitrogens with zero attached hydrogens (tertiary/aromatic N) is 5. The molecule has 9 heteroatoms. The van der Waals surface area contributed by atoms with E-state index in [-0.39, 0.29) is 11.9 Å². The summed E-state index contributed by atoms with van der Waals surface area (Å²) in [6.07, 6.45) is 0.